The number of carbonyl (C=O) groups excluding carboxylic acids is 1. The molecule has 0 radical (unpaired) electrons. The fraction of sp³-hybridized carbons (Fsp3) is 0.900. The molecule has 1 aliphatic rings. The average molecular weight is 184 g/mol. The lowest BCUT2D eigenvalue weighted by molar-refractivity contribution is -0.124. The zero-order valence-electron chi connectivity index (χ0n) is 8.81. The first-order valence-electron chi connectivity index (χ1n) is 5.07. The van der Waals surface area contributed by atoms with Crippen LogP contribution in [0.5, 0.6) is 0 Å². The summed E-state index contributed by atoms with van der Waals surface area (Å²) in [4.78, 5) is 11.6. The fourth-order valence-electron chi connectivity index (χ4n) is 1.82. The average Bonchev–Trinajstić information content (AvgIpc) is 2.50. The molecule has 0 saturated heterocycles. The van der Waals surface area contributed by atoms with E-state index in [1.54, 1.807) is 7.05 Å². The zero-order chi connectivity index (χ0) is 9.90. The molecule has 1 fully saturated rings. The van der Waals surface area contributed by atoms with Crippen LogP contribution in [0.15, 0.2) is 0 Å². The first-order valence-corrected chi connectivity index (χ1v) is 5.07. The maximum Gasteiger partial charge on any atom is 0.237 e. The van der Waals surface area contributed by atoms with E-state index in [2.05, 4.69) is 17.6 Å². The van der Waals surface area contributed by atoms with Gasteiger partial charge in [0.2, 0.25) is 5.91 Å². The molecule has 13 heavy (non-hydrogen) atoms. The van der Waals surface area contributed by atoms with Gasteiger partial charge in [-0.1, -0.05) is 12.8 Å². The summed E-state index contributed by atoms with van der Waals surface area (Å²) >= 11 is 0. The molecule has 0 heterocycles. The summed E-state index contributed by atoms with van der Waals surface area (Å²) in [7, 11) is 1.81. The molecule has 0 aromatic carbocycles. The fourth-order valence-corrected chi connectivity index (χ4v) is 1.82. The van der Waals surface area contributed by atoms with Crippen molar-refractivity contribution in [2.24, 2.45) is 0 Å². The summed E-state index contributed by atoms with van der Waals surface area (Å²) in [5.41, 5.74) is 0.0577. The van der Waals surface area contributed by atoms with Gasteiger partial charge in [-0.15, -0.1) is 0 Å². The third-order valence-corrected chi connectivity index (χ3v) is 2.96. The summed E-state index contributed by atoms with van der Waals surface area (Å²) in [6.07, 6.45) is 4.72. The smallest absolute Gasteiger partial charge is 0.237 e. The number of nitrogens with one attached hydrogen (secondary N) is 2. The molecule has 1 aliphatic carbocycles. The van der Waals surface area contributed by atoms with Crippen LogP contribution in [-0.4, -0.2) is 24.5 Å². The number of hydrogen-bond acceptors (Lipinski definition) is 2. The zero-order valence-corrected chi connectivity index (χ0v) is 8.81. The molecule has 1 unspecified atom stereocenters. The second-order valence-electron chi connectivity index (χ2n) is 4.27. The van der Waals surface area contributed by atoms with Crippen molar-refractivity contribution < 1.29 is 4.79 Å². The van der Waals surface area contributed by atoms with E-state index >= 15 is 0 Å². The third kappa shape index (κ3) is 2.69. The van der Waals surface area contributed by atoms with E-state index in [-0.39, 0.29) is 17.5 Å². The summed E-state index contributed by atoms with van der Waals surface area (Å²) in [5.74, 6) is 0.118. The van der Waals surface area contributed by atoms with E-state index in [4.69, 9.17) is 0 Å². The number of likely N-dealkylation sites (N-methyl/N-ethyl adjacent to an activating group) is 1. The molecule has 1 atom stereocenters. The Labute approximate surface area is 80.3 Å². The maximum absolute atomic E-state index is 11.6. The number of amides is 1. The minimum absolute atomic E-state index is 0.0577. The topological polar surface area (TPSA) is 41.1 Å². The summed E-state index contributed by atoms with van der Waals surface area (Å²) in [5, 5.41) is 6.05. The van der Waals surface area contributed by atoms with Crippen LogP contribution in [0.25, 0.3) is 0 Å². The van der Waals surface area contributed by atoms with Gasteiger partial charge in [-0.05, 0) is 33.7 Å². The highest BCUT2D eigenvalue weighted by Crippen LogP contribution is 2.28. The highest BCUT2D eigenvalue weighted by atomic mass is 16.2. The van der Waals surface area contributed by atoms with Crippen LogP contribution in [0.3, 0.4) is 0 Å². The number of rotatable bonds is 3. The van der Waals surface area contributed by atoms with Crippen molar-refractivity contribution in [1.29, 1.82) is 0 Å². The quantitative estimate of drug-likeness (QED) is 0.688. The lowest BCUT2D eigenvalue weighted by Gasteiger charge is -2.27. The first-order chi connectivity index (χ1) is 6.07. The van der Waals surface area contributed by atoms with Crippen LogP contribution in [0.2, 0.25) is 0 Å². The van der Waals surface area contributed by atoms with Gasteiger partial charge in [0.25, 0.3) is 0 Å². The molecule has 0 bridgehead atoms. The molecule has 2 N–H and O–H groups in total. The van der Waals surface area contributed by atoms with Gasteiger partial charge >= 0.3 is 0 Å². The Morgan fingerprint density at radius 2 is 1.92 bits per heavy atom. The Balaban J connectivity index is 2.43. The first kappa shape index (κ1) is 10.5. The van der Waals surface area contributed by atoms with Crippen molar-refractivity contribution >= 4 is 5.91 Å². The van der Waals surface area contributed by atoms with E-state index in [1.807, 2.05) is 6.92 Å². The number of hydrogen-bond donors (Lipinski definition) is 2. The van der Waals surface area contributed by atoms with Crippen LogP contribution in [0.4, 0.5) is 0 Å². The van der Waals surface area contributed by atoms with Gasteiger partial charge in [-0.3, -0.25) is 4.79 Å². The molecule has 0 aliphatic heterocycles. The molecule has 76 valence electrons. The second kappa shape index (κ2) is 4.09. The van der Waals surface area contributed by atoms with Crippen LogP contribution < -0.4 is 10.6 Å². The molecular weight excluding hydrogens is 164 g/mol. The Morgan fingerprint density at radius 1 is 1.38 bits per heavy atom. The Bertz CT molecular complexity index is 185. The highest BCUT2D eigenvalue weighted by Gasteiger charge is 2.30. The van der Waals surface area contributed by atoms with Gasteiger partial charge in [0, 0.05) is 5.54 Å². The second-order valence-corrected chi connectivity index (χ2v) is 4.27. The third-order valence-electron chi connectivity index (χ3n) is 2.96. The van der Waals surface area contributed by atoms with Gasteiger partial charge in [-0.2, -0.15) is 0 Å². The molecule has 0 spiro atoms. The van der Waals surface area contributed by atoms with Crippen molar-refractivity contribution in [3.05, 3.63) is 0 Å². The normalized spacial score (nSPS) is 22.7. The van der Waals surface area contributed by atoms with Crippen molar-refractivity contribution in [1.82, 2.24) is 10.6 Å². The SMILES string of the molecule is CNC(C)C(=O)NC1(C)CCCC1. The van der Waals surface area contributed by atoms with Crippen molar-refractivity contribution in [2.45, 2.75) is 51.1 Å². The van der Waals surface area contributed by atoms with Gasteiger partial charge in [-0.25, -0.2) is 0 Å². The van der Waals surface area contributed by atoms with Gasteiger partial charge in [0.05, 0.1) is 6.04 Å². The Kier molecular flexibility index (Phi) is 3.31. The lowest BCUT2D eigenvalue weighted by Crippen LogP contribution is -2.50. The number of carbonyl (C=O) groups is 1. The molecule has 3 nitrogen and oxygen atoms in total. The van der Waals surface area contributed by atoms with Crippen LogP contribution in [0, 0.1) is 0 Å². The Hall–Kier alpha value is -0.570. The highest BCUT2D eigenvalue weighted by molar-refractivity contribution is 5.82. The predicted molar refractivity (Wildman–Crippen MR) is 53.5 cm³/mol. The predicted octanol–water partition coefficient (Wildman–Crippen LogP) is 1.04. The van der Waals surface area contributed by atoms with E-state index in [0.717, 1.165) is 12.8 Å². The van der Waals surface area contributed by atoms with E-state index in [9.17, 15) is 4.79 Å². The van der Waals surface area contributed by atoms with Crippen molar-refractivity contribution in [3.63, 3.8) is 0 Å². The van der Waals surface area contributed by atoms with E-state index < -0.39 is 0 Å². The lowest BCUT2D eigenvalue weighted by atomic mass is 10.0. The van der Waals surface area contributed by atoms with E-state index in [0.29, 0.717) is 0 Å². The molecular formula is C10H20N2O. The van der Waals surface area contributed by atoms with Gasteiger partial charge < -0.3 is 10.6 Å². The van der Waals surface area contributed by atoms with Crippen molar-refractivity contribution in [3.8, 4) is 0 Å². The largest absolute Gasteiger partial charge is 0.350 e. The standard InChI is InChI=1S/C10H20N2O/c1-8(11-3)9(13)12-10(2)6-4-5-7-10/h8,11H,4-7H2,1-3H3,(H,12,13). The van der Waals surface area contributed by atoms with Crippen LogP contribution in [-0.2, 0) is 4.79 Å². The van der Waals surface area contributed by atoms with Gasteiger partial charge in [0.15, 0.2) is 0 Å². The molecule has 1 rings (SSSR count). The molecule has 3 heteroatoms. The minimum atomic E-state index is -0.0857. The Morgan fingerprint density at radius 3 is 2.38 bits per heavy atom. The van der Waals surface area contributed by atoms with Crippen LogP contribution in [0.1, 0.15) is 39.5 Å². The van der Waals surface area contributed by atoms with Gasteiger partial charge in [0.1, 0.15) is 0 Å². The molecule has 1 saturated carbocycles. The molecule has 1 amide bonds. The monoisotopic (exact) mass is 184 g/mol. The summed E-state index contributed by atoms with van der Waals surface area (Å²) in [6.45, 7) is 4.02. The van der Waals surface area contributed by atoms with Crippen LogP contribution >= 0.6 is 0 Å². The minimum Gasteiger partial charge on any atom is -0.350 e. The summed E-state index contributed by atoms with van der Waals surface area (Å²) < 4.78 is 0. The molecule has 0 aromatic rings. The summed E-state index contributed by atoms with van der Waals surface area (Å²) in [6, 6.07) is -0.0857. The van der Waals surface area contributed by atoms with Crippen molar-refractivity contribution in [2.75, 3.05) is 7.05 Å². The molecule has 0 aromatic heterocycles. The van der Waals surface area contributed by atoms with E-state index in [1.165, 1.54) is 12.8 Å². The maximum atomic E-state index is 11.6.